The molecule has 1 N–H and O–H groups in total. The molecule has 0 aliphatic carbocycles. The molecule has 0 heterocycles. The highest BCUT2D eigenvalue weighted by Gasteiger charge is 2.12. The zero-order valence-corrected chi connectivity index (χ0v) is 12.3. The van der Waals surface area contributed by atoms with E-state index in [2.05, 4.69) is 23.9 Å². The van der Waals surface area contributed by atoms with Gasteiger partial charge in [-0.05, 0) is 50.9 Å². The summed E-state index contributed by atoms with van der Waals surface area (Å²) >= 11 is 0. The first-order valence-corrected chi connectivity index (χ1v) is 7.00. The Hall–Kier alpha value is -1.36. The van der Waals surface area contributed by atoms with E-state index >= 15 is 0 Å². The van der Waals surface area contributed by atoms with Gasteiger partial charge in [-0.1, -0.05) is 13.0 Å². The number of hydrogen-bond acceptors (Lipinski definition) is 3. The second-order valence-corrected chi connectivity index (χ2v) is 4.59. The molecule has 0 spiro atoms. The molecule has 1 unspecified atom stereocenters. The molecule has 0 saturated heterocycles. The minimum atomic E-state index is -2.84. The molecule has 1 rings (SSSR count). The van der Waals surface area contributed by atoms with Crippen molar-refractivity contribution in [1.82, 2.24) is 5.32 Å². The molecule has 0 aliphatic rings. The van der Waals surface area contributed by atoms with Gasteiger partial charge in [0.1, 0.15) is 0 Å². The van der Waals surface area contributed by atoms with E-state index in [1.807, 2.05) is 6.92 Å². The van der Waals surface area contributed by atoms with E-state index in [9.17, 15) is 8.78 Å². The largest absolute Gasteiger partial charge is 0.490 e. The molecule has 0 fully saturated rings. The van der Waals surface area contributed by atoms with Crippen LogP contribution in [0.5, 0.6) is 11.5 Å². The van der Waals surface area contributed by atoms with Gasteiger partial charge in [-0.3, -0.25) is 0 Å². The van der Waals surface area contributed by atoms with Crippen LogP contribution < -0.4 is 14.8 Å². The quantitative estimate of drug-likeness (QED) is 0.752. The third-order valence-electron chi connectivity index (χ3n) is 2.94. The summed E-state index contributed by atoms with van der Waals surface area (Å²) in [6.07, 6.45) is 1.84. The Kier molecular flexibility index (Phi) is 7.30. The molecule has 0 radical (unpaired) electrons. The van der Waals surface area contributed by atoms with Crippen molar-refractivity contribution < 1.29 is 18.3 Å². The van der Waals surface area contributed by atoms with Crippen LogP contribution in [0.2, 0.25) is 0 Å². The number of benzene rings is 1. The summed E-state index contributed by atoms with van der Waals surface area (Å²) in [4.78, 5) is 0. The van der Waals surface area contributed by atoms with E-state index in [0.29, 0.717) is 18.4 Å². The molecule has 0 aliphatic heterocycles. The first kappa shape index (κ1) is 16.7. The highest BCUT2D eigenvalue weighted by atomic mass is 19.3. The maximum Gasteiger partial charge on any atom is 0.387 e. The standard InChI is InChI=1S/C15H23F2NO2/c1-4-18-11(3)6-7-12-8-9-13(20-15(16)17)14(10-12)19-5-2/h8-11,15,18H,4-7H2,1-3H3. The van der Waals surface area contributed by atoms with Crippen molar-refractivity contribution in [3.63, 3.8) is 0 Å². The Labute approximate surface area is 119 Å². The highest BCUT2D eigenvalue weighted by molar-refractivity contribution is 5.43. The molecular formula is C15H23F2NO2. The zero-order chi connectivity index (χ0) is 15.0. The van der Waals surface area contributed by atoms with Crippen LogP contribution in [0.3, 0.4) is 0 Å². The fraction of sp³-hybridized carbons (Fsp3) is 0.600. The molecule has 0 amide bonds. The van der Waals surface area contributed by atoms with Crippen molar-refractivity contribution in [1.29, 1.82) is 0 Å². The zero-order valence-electron chi connectivity index (χ0n) is 12.3. The molecule has 5 heteroatoms. The van der Waals surface area contributed by atoms with Gasteiger partial charge in [0.05, 0.1) is 6.61 Å². The maximum atomic E-state index is 12.3. The minimum absolute atomic E-state index is 0.0883. The average Bonchev–Trinajstić information content (AvgIpc) is 2.39. The summed E-state index contributed by atoms with van der Waals surface area (Å²) in [6, 6.07) is 5.55. The predicted octanol–water partition coefficient (Wildman–Crippen LogP) is 3.62. The number of rotatable bonds is 9. The number of hydrogen-bond donors (Lipinski definition) is 1. The van der Waals surface area contributed by atoms with Crippen LogP contribution in [0, 0.1) is 0 Å². The molecule has 1 aromatic rings. The van der Waals surface area contributed by atoms with Crippen molar-refractivity contribution in [3.8, 4) is 11.5 Å². The van der Waals surface area contributed by atoms with Crippen LogP contribution in [0.4, 0.5) is 8.78 Å². The lowest BCUT2D eigenvalue weighted by atomic mass is 10.1. The van der Waals surface area contributed by atoms with Crippen molar-refractivity contribution in [2.24, 2.45) is 0 Å². The summed E-state index contributed by atoms with van der Waals surface area (Å²) < 4.78 is 34.4. The lowest BCUT2D eigenvalue weighted by Gasteiger charge is -2.14. The Morgan fingerprint density at radius 2 is 1.95 bits per heavy atom. The second-order valence-electron chi connectivity index (χ2n) is 4.59. The molecule has 3 nitrogen and oxygen atoms in total. The fourth-order valence-corrected chi connectivity index (χ4v) is 2.00. The van der Waals surface area contributed by atoms with Gasteiger partial charge < -0.3 is 14.8 Å². The summed E-state index contributed by atoms with van der Waals surface area (Å²) in [5.41, 5.74) is 1.06. The highest BCUT2D eigenvalue weighted by Crippen LogP contribution is 2.30. The van der Waals surface area contributed by atoms with Gasteiger partial charge in [-0.2, -0.15) is 8.78 Å². The maximum absolute atomic E-state index is 12.3. The fourth-order valence-electron chi connectivity index (χ4n) is 2.00. The lowest BCUT2D eigenvalue weighted by molar-refractivity contribution is -0.0514. The normalized spacial score (nSPS) is 12.5. The topological polar surface area (TPSA) is 30.5 Å². The van der Waals surface area contributed by atoms with Crippen LogP contribution in [-0.2, 0) is 6.42 Å². The number of halogens is 2. The number of ether oxygens (including phenoxy) is 2. The summed E-state index contributed by atoms with van der Waals surface area (Å²) in [5, 5.41) is 3.34. The average molecular weight is 287 g/mol. The molecule has 1 aromatic carbocycles. The van der Waals surface area contributed by atoms with Crippen LogP contribution in [-0.4, -0.2) is 25.8 Å². The van der Waals surface area contributed by atoms with Gasteiger partial charge in [0, 0.05) is 6.04 Å². The number of alkyl halides is 2. The lowest BCUT2D eigenvalue weighted by Crippen LogP contribution is -2.25. The summed E-state index contributed by atoms with van der Waals surface area (Å²) in [6.45, 7) is 4.52. The number of aryl methyl sites for hydroxylation is 1. The molecule has 1 atom stereocenters. The SMILES string of the molecule is CCNC(C)CCc1ccc(OC(F)F)c(OCC)c1. The van der Waals surface area contributed by atoms with Gasteiger partial charge in [0.2, 0.25) is 0 Å². The summed E-state index contributed by atoms with van der Waals surface area (Å²) in [7, 11) is 0. The molecule has 0 aromatic heterocycles. The number of nitrogens with one attached hydrogen (secondary N) is 1. The van der Waals surface area contributed by atoms with Crippen LogP contribution in [0.1, 0.15) is 32.8 Å². The smallest absolute Gasteiger partial charge is 0.387 e. The van der Waals surface area contributed by atoms with Gasteiger partial charge in [0.15, 0.2) is 11.5 Å². The Balaban J connectivity index is 2.71. The third-order valence-corrected chi connectivity index (χ3v) is 2.94. The van der Waals surface area contributed by atoms with E-state index < -0.39 is 6.61 Å². The van der Waals surface area contributed by atoms with Gasteiger partial charge in [-0.15, -0.1) is 0 Å². The van der Waals surface area contributed by atoms with Crippen molar-refractivity contribution in [2.45, 2.75) is 46.3 Å². The molecule has 20 heavy (non-hydrogen) atoms. The van der Waals surface area contributed by atoms with Crippen LogP contribution in [0.25, 0.3) is 0 Å². The Morgan fingerprint density at radius 1 is 1.20 bits per heavy atom. The van der Waals surface area contributed by atoms with E-state index in [-0.39, 0.29) is 5.75 Å². The van der Waals surface area contributed by atoms with E-state index in [0.717, 1.165) is 24.9 Å². The van der Waals surface area contributed by atoms with Crippen LogP contribution >= 0.6 is 0 Å². The second kappa shape index (κ2) is 8.74. The van der Waals surface area contributed by atoms with Gasteiger partial charge in [0.25, 0.3) is 0 Å². The van der Waals surface area contributed by atoms with E-state index in [4.69, 9.17) is 4.74 Å². The van der Waals surface area contributed by atoms with Gasteiger partial charge in [-0.25, -0.2) is 0 Å². The first-order chi connectivity index (χ1) is 9.56. The Bertz CT molecular complexity index is 399. The minimum Gasteiger partial charge on any atom is -0.490 e. The molecule has 114 valence electrons. The summed E-state index contributed by atoms with van der Waals surface area (Å²) in [5.74, 6) is 0.465. The van der Waals surface area contributed by atoms with Crippen molar-refractivity contribution in [3.05, 3.63) is 23.8 Å². The van der Waals surface area contributed by atoms with Gasteiger partial charge >= 0.3 is 6.61 Å². The first-order valence-electron chi connectivity index (χ1n) is 7.00. The van der Waals surface area contributed by atoms with E-state index in [1.54, 1.807) is 18.2 Å². The van der Waals surface area contributed by atoms with E-state index in [1.165, 1.54) is 0 Å². The molecule has 0 bridgehead atoms. The van der Waals surface area contributed by atoms with Crippen LogP contribution in [0.15, 0.2) is 18.2 Å². The third kappa shape index (κ3) is 5.74. The monoisotopic (exact) mass is 287 g/mol. The molecular weight excluding hydrogens is 264 g/mol. The Morgan fingerprint density at radius 3 is 2.55 bits per heavy atom. The molecule has 0 saturated carbocycles. The predicted molar refractivity (Wildman–Crippen MR) is 75.7 cm³/mol. The van der Waals surface area contributed by atoms with Crippen molar-refractivity contribution >= 4 is 0 Å². The van der Waals surface area contributed by atoms with Crippen molar-refractivity contribution in [2.75, 3.05) is 13.2 Å².